The molecule has 33 heavy (non-hydrogen) atoms. The Morgan fingerprint density at radius 3 is 2.55 bits per heavy atom. The van der Waals surface area contributed by atoms with Crippen molar-refractivity contribution in [1.29, 1.82) is 0 Å². The second-order valence-electron chi connectivity index (χ2n) is 7.72. The van der Waals surface area contributed by atoms with Crippen LogP contribution < -0.4 is 9.46 Å². The zero-order valence-electron chi connectivity index (χ0n) is 17.4. The maximum absolute atomic E-state index is 13.1. The Morgan fingerprint density at radius 2 is 1.85 bits per heavy atom. The molecule has 3 aromatic carbocycles. The van der Waals surface area contributed by atoms with Gasteiger partial charge in [0.15, 0.2) is 6.61 Å². The van der Waals surface area contributed by atoms with E-state index in [4.69, 9.17) is 33.0 Å². The lowest BCUT2D eigenvalue weighted by molar-refractivity contribution is -0.139. The average Bonchev–Trinajstić information content (AvgIpc) is 2.78. The van der Waals surface area contributed by atoms with Gasteiger partial charge in [-0.05, 0) is 66.3 Å². The van der Waals surface area contributed by atoms with Crippen molar-refractivity contribution in [3.63, 3.8) is 0 Å². The minimum Gasteiger partial charge on any atom is -0.482 e. The molecule has 0 amide bonds. The number of ether oxygens (including phenoxy) is 1. The quantitative estimate of drug-likeness (QED) is 0.443. The van der Waals surface area contributed by atoms with Crippen molar-refractivity contribution in [1.82, 2.24) is 4.72 Å². The lowest BCUT2D eigenvalue weighted by Crippen LogP contribution is -2.31. The van der Waals surface area contributed by atoms with E-state index in [9.17, 15) is 13.2 Å². The van der Waals surface area contributed by atoms with Gasteiger partial charge in [0, 0.05) is 21.7 Å². The summed E-state index contributed by atoms with van der Waals surface area (Å²) in [6, 6.07) is 16.5. The summed E-state index contributed by atoms with van der Waals surface area (Å²) in [7, 11) is -3.80. The number of hydrogen-bond acceptors (Lipinski definition) is 4. The minimum atomic E-state index is -3.80. The van der Waals surface area contributed by atoms with E-state index in [1.165, 1.54) is 0 Å². The first-order valence-corrected chi connectivity index (χ1v) is 12.5. The monoisotopic (exact) mass is 505 g/mol. The number of nitrogens with one attached hydrogen (secondary N) is 1. The van der Waals surface area contributed by atoms with Crippen molar-refractivity contribution >= 4 is 39.2 Å². The molecule has 9 heteroatoms. The summed E-state index contributed by atoms with van der Waals surface area (Å²) in [4.78, 5) is 11.0. The van der Waals surface area contributed by atoms with Crippen LogP contribution in [0.5, 0.6) is 5.75 Å². The number of carboxylic acids is 1. The van der Waals surface area contributed by atoms with E-state index < -0.39 is 28.6 Å². The van der Waals surface area contributed by atoms with Gasteiger partial charge in [-0.1, -0.05) is 53.5 Å². The largest absolute Gasteiger partial charge is 0.482 e. The molecule has 4 rings (SSSR count). The molecule has 1 aliphatic rings. The normalized spacial score (nSPS) is 15.6. The number of hydrogen-bond donors (Lipinski definition) is 2. The molecule has 0 aliphatic heterocycles. The highest BCUT2D eigenvalue weighted by Gasteiger charge is 2.27. The maximum atomic E-state index is 13.1. The van der Waals surface area contributed by atoms with Crippen molar-refractivity contribution in [2.24, 2.45) is 0 Å². The van der Waals surface area contributed by atoms with Gasteiger partial charge in [-0.15, -0.1) is 0 Å². The van der Waals surface area contributed by atoms with Crippen LogP contribution in [0, 0.1) is 0 Å². The Morgan fingerprint density at radius 1 is 1.09 bits per heavy atom. The number of rotatable bonds is 7. The molecule has 0 saturated heterocycles. The van der Waals surface area contributed by atoms with Crippen LogP contribution >= 0.6 is 23.2 Å². The zero-order valence-corrected chi connectivity index (χ0v) is 19.8. The van der Waals surface area contributed by atoms with Gasteiger partial charge in [0.25, 0.3) is 0 Å². The summed E-state index contributed by atoms with van der Waals surface area (Å²) >= 11 is 12.2. The molecule has 0 bridgehead atoms. The summed E-state index contributed by atoms with van der Waals surface area (Å²) in [5.74, 6) is -0.591. The first-order valence-electron chi connectivity index (χ1n) is 10.3. The minimum absolute atomic E-state index is 0.141. The third-order valence-electron chi connectivity index (χ3n) is 5.52. The summed E-state index contributed by atoms with van der Waals surface area (Å²) in [5.41, 5.74) is 3.18. The maximum Gasteiger partial charge on any atom is 0.341 e. The van der Waals surface area contributed by atoms with E-state index in [1.54, 1.807) is 54.6 Å². The number of halogens is 2. The van der Waals surface area contributed by atoms with Crippen LogP contribution in [-0.4, -0.2) is 26.1 Å². The van der Waals surface area contributed by atoms with Crippen LogP contribution in [0.25, 0.3) is 11.1 Å². The Hall–Kier alpha value is -2.58. The van der Waals surface area contributed by atoms with Crippen LogP contribution in [0.15, 0.2) is 65.6 Å². The highest BCUT2D eigenvalue weighted by atomic mass is 35.5. The van der Waals surface area contributed by atoms with E-state index >= 15 is 0 Å². The van der Waals surface area contributed by atoms with E-state index in [1.807, 2.05) is 6.07 Å². The van der Waals surface area contributed by atoms with Crippen molar-refractivity contribution in [3.8, 4) is 16.9 Å². The Kier molecular flexibility index (Phi) is 6.95. The Balaban J connectivity index is 1.56. The fourth-order valence-corrected chi connectivity index (χ4v) is 5.77. The van der Waals surface area contributed by atoms with Gasteiger partial charge in [-0.3, -0.25) is 0 Å². The van der Waals surface area contributed by atoms with Gasteiger partial charge < -0.3 is 9.84 Å². The second kappa shape index (κ2) is 9.73. The number of carboxylic acid groups (broad SMARTS) is 1. The van der Waals surface area contributed by atoms with Gasteiger partial charge in [0.2, 0.25) is 10.0 Å². The molecule has 172 valence electrons. The molecule has 0 saturated carbocycles. The van der Waals surface area contributed by atoms with E-state index in [0.29, 0.717) is 28.6 Å². The molecular formula is C24H21Cl2NO5S. The van der Waals surface area contributed by atoms with Gasteiger partial charge in [-0.25, -0.2) is 17.9 Å². The van der Waals surface area contributed by atoms with Crippen LogP contribution in [0.2, 0.25) is 10.0 Å². The predicted octanol–water partition coefficient (Wildman–Crippen LogP) is 5.48. The molecule has 3 aromatic rings. The first kappa shape index (κ1) is 23.6. The second-order valence-corrected chi connectivity index (χ2v) is 10.3. The van der Waals surface area contributed by atoms with Gasteiger partial charge in [0.1, 0.15) is 5.75 Å². The summed E-state index contributed by atoms with van der Waals surface area (Å²) < 4.78 is 34.4. The van der Waals surface area contributed by atoms with Crippen LogP contribution in [0.4, 0.5) is 0 Å². The van der Waals surface area contributed by atoms with Crippen molar-refractivity contribution < 1.29 is 23.1 Å². The van der Waals surface area contributed by atoms with Crippen LogP contribution in [-0.2, 0) is 21.2 Å². The number of carbonyl (C=O) groups is 1. The highest BCUT2D eigenvalue weighted by molar-refractivity contribution is 7.89. The predicted molar refractivity (Wildman–Crippen MR) is 127 cm³/mol. The van der Waals surface area contributed by atoms with Gasteiger partial charge in [-0.2, -0.15) is 0 Å². The number of fused-ring (bicyclic) bond motifs is 1. The molecule has 0 radical (unpaired) electrons. The lowest BCUT2D eigenvalue weighted by atomic mass is 9.87. The van der Waals surface area contributed by atoms with Crippen molar-refractivity contribution in [2.75, 3.05) is 6.61 Å². The SMILES string of the molecule is O=C(O)COc1cccc2c1CCCC2NS(=O)(=O)c1ccc(-c2ccc(Cl)cc2Cl)cc1. The molecule has 0 spiro atoms. The first-order chi connectivity index (χ1) is 15.7. The smallest absolute Gasteiger partial charge is 0.341 e. The highest BCUT2D eigenvalue weighted by Crippen LogP contribution is 2.36. The zero-order chi connectivity index (χ0) is 23.6. The average molecular weight is 506 g/mol. The van der Waals surface area contributed by atoms with E-state index in [0.717, 1.165) is 28.7 Å². The van der Waals surface area contributed by atoms with Crippen LogP contribution in [0.3, 0.4) is 0 Å². The topological polar surface area (TPSA) is 92.7 Å². The molecule has 6 nitrogen and oxygen atoms in total. The third-order valence-corrected chi connectivity index (χ3v) is 7.55. The van der Waals surface area contributed by atoms with Crippen molar-refractivity contribution in [2.45, 2.75) is 30.2 Å². The van der Waals surface area contributed by atoms with Gasteiger partial charge >= 0.3 is 5.97 Å². The fraction of sp³-hybridized carbons (Fsp3) is 0.208. The van der Waals surface area contributed by atoms with Gasteiger partial charge in [0.05, 0.1) is 4.90 Å². The molecule has 0 heterocycles. The molecule has 1 unspecified atom stereocenters. The summed E-state index contributed by atoms with van der Waals surface area (Å²) in [6.07, 6.45) is 2.08. The molecule has 1 aliphatic carbocycles. The molecule has 2 N–H and O–H groups in total. The number of aliphatic carboxylic acids is 1. The molecule has 0 fully saturated rings. The lowest BCUT2D eigenvalue weighted by Gasteiger charge is -2.27. The fourth-order valence-electron chi connectivity index (χ4n) is 4.00. The van der Waals surface area contributed by atoms with Crippen LogP contribution in [0.1, 0.15) is 30.0 Å². The Labute approximate surface area is 202 Å². The van der Waals surface area contributed by atoms with E-state index in [-0.39, 0.29) is 4.90 Å². The standard InChI is InChI=1S/C24H21Cl2NO5S/c25-16-9-12-18(21(26)13-16)15-7-10-17(11-8-15)33(30,31)27-22-5-1-4-20-19(22)3-2-6-23(20)32-14-24(28)29/h2-3,6-13,22,27H,1,4-5,14H2,(H,28,29). The molecular weight excluding hydrogens is 485 g/mol. The van der Waals surface area contributed by atoms with Crippen molar-refractivity contribution in [3.05, 3.63) is 81.8 Å². The number of sulfonamides is 1. The Bertz CT molecular complexity index is 1290. The number of benzene rings is 3. The van der Waals surface area contributed by atoms with E-state index in [2.05, 4.69) is 4.72 Å². The summed E-state index contributed by atoms with van der Waals surface area (Å²) in [5, 5.41) is 9.91. The third kappa shape index (κ3) is 5.33. The summed E-state index contributed by atoms with van der Waals surface area (Å²) in [6.45, 7) is -0.448. The molecule has 0 aromatic heterocycles. The molecule has 1 atom stereocenters.